The van der Waals surface area contributed by atoms with Gasteiger partial charge in [0.1, 0.15) is 0 Å². The highest BCUT2D eigenvalue weighted by atomic mass is 15.0. The van der Waals surface area contributed by atoms with Crippen molar-refractivity contribution >= 4 is 75.9 Å². The first-order chi connectivity index (χ1) is 33.7. The normalized spacial score (nSPS) is 11.8. The van der Waals surface area contributed by atoms with Crippen LogP contribution >= 0.6 is 0 Å². The molecule has 0 bridgehead atoms. The van der Waals surface area contributed by atoms with Gasteiger partial charge in [0.15, 0.2) is 0 Å². The molecule has 0 saturated carbocycles. The van der Waals surface area contributed by atoms with Crippen LogP contribution in [-0.4, -0.2) is 9.13 Å². The fraction of sp³-hybridized carbons (Fsp3) is 0. The Morgan fingerprint density at radius 2 is 0.529 bits per heavy atom. The Hall–Kier alpha value is -8.98. The third-order valence-electron chi connectivity index (χ3n) is 14.3. The largest absolute Gasteiger partial charge is 0.309 e. The quantitative estimate of drug-likeness (QED) is 0.147. The van der Waals surface area contributed by atoms with E-state index in [1.807, 2.05) is 0 Å². The van der Waals surface area contributed by atoms with E-state index in [1.165, 1.54) is 132 Å². The molecule has 0 aliphatic heterocycles. The van der Waals surface area contributed by atoms with Gasteiger partial charge in [0.2, 0.25) is 0 Å². The standard InChI is InChI=1S/C66H42N2/c1-3-21-49(22-4-1)67-61-31-11-9-27-57(61)65-51(29-15-33-63(65)67)47-19-13-17-43(39-47)45-35-37-55-56-38-36-46(42-60(56)54-26-8-7-25-53(54)59(55)41-45)44-18-14-20-48(40-44)52-30-16-34-64-66(52)58-28-10-12-32-62(58)68(64)50-23-5-2-6-24-50/h1-42H. The first kappa shape index (κ1) is 38.3. The van der Waals surface area contributed by atoms with E-state index in [1.54, 1.807) is 0 Å². The summed E-state index contributed by atoms with van der Waals surface area (Å²) in [5, 5.41) is 12.6. The molecule has 0 spiro atoms. The highest BCUT2D eigenvalue weighted by molar-refractivity contribution is 6.26. The molecule has 316 valence electrons. The van der Waals surface area contributed by atoms with Crippen LogP contribution in [-0.2, 0) is 0 Å². The highest BCUT2D eigenvalue weighted by Gasteiger charge is 2.19. The number of hydrogen-bond donors (Lipinski definition) is 0. The minimum absolute atomic E-state index is 1.17. The van der Waals surface area contributed by atoms with Crippen molar-refractivity contribution in [2.75, 3.05) is 0 Å². The molecule has 2 aromatic heterocycles. The summed E-state index contributed by atoms with van der Waals surface area (Å²) < 4.78 is 4.79. The van der Waals surface area contributed by atoms with E-state index < -0.39 is 0 Å². The summed E-state index contributed by atoms with van der Waals surface area (Å²) in [5.74, 6) is 0. The summed E-state index contributed by atoms with van der Waals surface area (Å²) in [5.41, 5.74) is 16.9. The topological polar surface area (TPSA) is 9.86 Å². The second kappa shape index (κ2) is 15.3. The maximum absolute atomic E-state index is 2.41. The van der Waals surface area contributed by atoms with Crippen LogP contribution in [0.1, 0.15) is 0 Å². The Balaban J connectivity index is 0.873. The van der Waals surface area contributed by atoms with Crippen molar-refractivity contribution in [3.05, 3.63) is 255 Å². The predicted molar refractivity (Wildman–Crippen MR) is 289 cm³/mol. The summed E-state index contributed by atoms with van der Waals surface area (Å²) in [6, 6.07) is 93.7. The van der Waals surface area contributed by atoms with E-state index in [-0.39, 0.29) is 0 Å². The number of hydrogen-bond acceptors (Lipinski definition) is 0. The minimum atomic E-state index is 1.17. The molecule has 0 aliphatic carbocycles. The van der Waals surface area contributed by atoms with Crippen molar-refractivity contribution in [2.45, 2.75) is 0 Å². The van der Waals surface area contributed by atoms with Gasteiger partial charge < -0.3 is 9.13 Å². The Kier molecular flexibility index (Phi) is 8.62. The minimum Gasteiger partial charge on any atom is -0.309 e. The number of benzene rings is 12. The van der Waals surface area contributed by atoms with Gasteiger partial charge in [-0.1, -0.05) is 182 Å². The van der Waals surface area contributed by atoms with E-state index in [9.17, 15) is 0 Å². The van der Waals surface area contributed by atoms with Gasteiger partial charge in [-0.3, -0.25) is 0 Å². The van der Waals surface area contributed by atoms with Crippen LogP contribution < -0.4 is 0 Å². The lowest BCUT2D eigenvalue weighted by molar-refractivity contribution is 1.18. The second-order valence-electron chi connectivity index (χ2n) is 18.0. The summed E-state index contributed by atoms with van der Waals surface area (Å²) in [4.78, 5) is 0. The fourth-order valence-corrected chi connectivity index (χ4v) is 11.3. The summed E-state index contributed by atoms with van der Waals surface area (Å²) in [6.45, 7) is 0. The van der Waals surface area contributed by atoms with Gasteiger partial charge in [0, 0.05) is 32.9 Å². The zero-order valence-electron chi connectivity index (χ0n) is 37.1. The van der Waals surface area contributed by atoms with Crippen molar-refractivity contribution in [1.29, 1.82) is 0 Å². The lowest BCUT2D eigenvalue weighted by Gasteiger charge is -2.14. The summed E-state index contributed by atoms with van der Waals surface area (Å²) in [6.07, 6.45) is 0. The van der Waals surface area contributed by atoms with E-state index in [0.29, 0.717) is 0 Å². The van der Waals surface area contributed by atoms with E-state index in [4.69, 9.17) is 0 Å². The Labute approximate surface area is 393 Å². The molecule has 12 aromatic carbocycles. The predicted octanol–water partition coefficient (Wildman–Crippen LogP) is 18.0. The molecule has 0 fully saturated rings. The molecule has 0 saturated heterocycles. The van der Waals surface area contributed by atoms with Gasteiger partial charge in [-0.2, -0.15) is 0 Å². The molecular formula is C66H42N2. The van der Waals surface area contributed by atoms with Gasteiger partial charge in [-0.15, -0.1) is 0 Å². The van der Waals surface area contributed by atoms with Gasteiger partial charge >= 0.3 is 0 Å². The zero-order chi connectivity index (χ0) is 44.7. The lowest BCUT2D eigenvalue weighted by atomic mass is 9.89. The molecule has 0 radical (unpaired) electrons. The van der Waals surface area contributed by atoms with Crippen LogP contribution in [0.4, 0.5) is 0 Å². The summed E-state index contributed by atoms with van der Waals surface area (Å²) >= 11 is 0. The number of aromatic nitrogens is 2. The van der Waals surface area contributed by atoms with E-state index in [2.05, 4.69) is 264 Å². The van der Waals surface area contributed by atoms with Crippen molar-refractivity contribution in [2.24, 2.45) is 0 Å². The lowest BCUT2D eigenvalue weighted by Crippen LogP contribution is -1.93. The van der Waals surface area contributed by atoms with Crippen LogP contribution in [0, 0.1) is 0 Å². The molecule has 0 unspecified atom stereocenters. The average Bonchev–Trinajstić information content (AvgIpc) is 3.95. The molecule has 14 rings (SSSR count). The monoisotopic (exact) mass is 862 g/mol. The fourth-order valence-electron chi connectivity index (χ4n) is 11.3. The van der Waals surface area contributed by atoms with Crippen LogP contribution in [0.3, 0.4) is 0 Å². The smallest absolute Gasteiger partial charge is 0.0547 e. The van der Waals surface area contributed by atoms with Crippen molar-refractivity contribution in [3.63, 3.8) is 0 Å². The first-order valence-corrected chi connectivity index (χ1v) is 23.5. The summed E-state index contributed by atoms with van der Waals surface area (Å²) in [7, 11) is 0. The number of nitrogens with zero attached hydrogens (tertiary/aromatic N) is 2. The maximum Gasteiger partial charge on any atom is 0.0547 e. The second-order valence-corrected chi connectivity index (χ2v) is 18.0. The zero-order valence-corrected chi connectivity index (χ0v) is 37.1. The third-order valence-corrected chi connectivity index (χ3v) is 14.3. The molecule has 0 atom stereocenters. The van der Waals surface area contributed by atoms with Crippen molar-refractivity contribution in [1.82, 2.24) is 9.13 Å². The first-order valence-electron chi connectivity index (χ1n) is 23.5. The molecule has 2 heterocycles. The molecule has 0 N–H and O–H groups in total. The Morgan fingerprint density at radius 1 is 0.191 bits per heavy atom. The highest BCUT2D eigenvalue weighted by Crippen LogP contribution is 2.43. The van der Waals surface area contributed by atoms with Gasteiger partial charge in [-0.25, -0.2) is 0 Å². The van der Waals surface area contributed by atoms with Crippen LogP contribution in [0.2, 0.25) is 0 Å². The Bertz CT molecular complexity index is 4010. The number of para-hydroxylation sites is 4. The van der Waals surface area contributed by atoms with E-state index in [0.717, 1.165) is 0 Å². The number of rotatable bonds is 6. The van der Waals surface area contributed by atoms with Crippen LogP contribution in [0.5, 0.6) is 0 Å². The SMILES string of the molecule is c1ccc(-n2c3ccccc3c3c(-c4cccc(-c5ccc6c7ccc(-c8cccc(-c9cccc%10c9c9ccccc9n%10-c9ccccc9)c8)cc7c7ccccc7c6c5)c4)cccc32)cc1. The molecule has 2 heteroatoms. The molecular weight excluding hydrogens is 821 g/mol. The average molecular weight is 863 g/mol. The maximum atomic E-state index is 2.41. The number of fused-ring (bicyclic) bond motifs is 12. The van der Waals surface area contributed by atoms with Crippen LogP contribution in [0.25, 0.3) is 132 Å². The molecule has 2 nitrogen and oxygen atoms in total. The van der Waals surface area contributed by atoms with Crippen molar-refractivity contribution < 1.29 is 0 Å². The molecule has 0 aliphatic rings. The van der Waals surface area contributed by atoms with Gasteiger partial charge in [0.05, 0.1) is 22.1 Å². The van der Waals surface area contributed by atoms with Gasteiger partial charge in [-0.05, 0) is 150 Å². The van der Waals surface area contributed by atoms with Gasteiger partial charge in [0.25, 0.3) is 0 Å². The van der Waals surface area contributed by atoms with Crippen LogP contribution in [0.15, 0.2) is 255 Å². The Morgan fingerprint density at radius 3 is 0.985 bits per heavy atom. The molecule has 0 amide bonds. The molecule has 14 aromatic rings. The third kappa shape index (κ3) is 5.91. The van der Waals surface area contributed by atoms with E-state index >= 15 is 0 Å². The van der Waals surface area contributed by atoms with Crippen molar-refractivity contribution in [3.8, 4) is 55.9 Å². The molecule has 68 heavy (non-hydrogen) atoms.